The fraction of sp³-hybridized carbons (Fsp3) is 0. The van der Waals surface area contributed by atoms with Gasteiger partial charge >= 0.3 is 7.12 Å². The van der Waals surface area contributed by atoms with Gasteiger partial charge in [0.25, 0.3) is 0 Å². The minimum absolute atomic E-state index is 0.414. The number of aromatic amines is 2. The molecule has 34 heavy (non-hydrogen) atoms. The average molecular weight is 515 g/mol. The molecule has 6 rings (SSSR count). The zero-order valence-electron chi connectivity index (χ0n) is 17.9. The Morgan fingerprint density at radius 1 is 0.706 bits per heavy atom. The van der Waals surface area contributed by atoms with Crippen molar-refractivity contribution in [3.8, 4) is 11.1 Å². The second-order valence-electron chi connectivity index (χ2n) is 7.03. The van der Waals surface area contributed by atoms with Crippen LogP contribution in [0.25, 0.3) is 33.2 Å². The van der Waals surface area contributed by atoms with Crippen molar-refractivity contribution < 1.29 is 10.0 Å². The highest BCUT2D eigenvalue weighted by Crippen LogP contribution is 2.25. The molecule has 0 aliphatic rings. The van der Waals surface area contributed by atoms with Gasteiger partial charge in [-0.2, -0.15) is 0 Å². The summed E-state index contributed by atoms with van der Waals surface area (Å²) in [4.78, 5) is 22.3. The summed E-state index contributed by atoms with van der Waals surface area (Å²) in [5.41, 5.74) is 4.53. The molecule has 0 unspecified atom stereocenters. The third-order valence-electron chi connectivity index (χ3n) is 4.82. The van der Waals surface area contributed by atoms with Crippen LogP contribution in [0.3, 0.4) is 0 Å². The maximum atomic E-state index is 8.54. The van der Waals surface area contributed by atoms with E-state index in [0.717, 1.165) is 37.7 Å². The van der Waals surface area contributed by atoms with Gasteiger partial charge in [0.2, 0.25) is 0 Å². The van der Waals surface area contributed by atoms with E-state index in [4.69, 9.17) is 10.0 Å². The first-order valence-electron chi connectivity index (χ1n) is 10.3. The monoisotopic (exact) mass is 514 g/mol. The molecule has 0 saturated carbocycles. The number of hydrogen-bond acceptors (Lipinski definition) is 6. The Bertz CT molecular complexity index is 1460. The van der Waals surface area contributed by atoms with E-state index in [1.165, 1.54) is 6.20 Å². The van der Waals surface area contributed by atoms with E-state index in [1.54, 1.807) is 36.9 Å². The number of fused-ring (bicyclic) bond motifs is 2. The maximum Gasteiger partial charge on any atom is 0.490 e. The van der Waals surface area contributed by atoms with Gasteiger partial charge in [0.15, 0.2) is 0 Å². The Morgan fingerprint density at radius 3 is 1.94 bits per heavy atom. The molecule has 0 bridgehead atoms. The van der Waals surface area contributed by atoms with Crippen LogP contribution in [0.1, 0.15) is 0 Å². The van der Waals surface area contributed by atoms with Gasteiger partial charge in [0.1, 0.15) is 11.3 Å². The second-order valence-corrected chi connectivity index (χ2v) is 7.89. The molecule has 0 saturated heterocycles. The summed E-state index contributed by atoms with van der Waals surface area (Å²) >= 11 is 3.42. The van der Waals surface area contributed by atoms with Gasteiger partial charge in [-0.05, 0) is 57.9 Å². The normalized spacial score (nSPS) is 10.2. The predicted octanol–water partition coefficient (Wildman–Crippen LogP) is 3.71. The SMILES string of the molecule is Brc1ccnc2[nH]ccc12.OB(O)c1cccnc1.c1cncc(-c2ccnc3[nH]ccc23)c1. The molecular formula is C24H20BBrN6O2. The van der Waals surface area contributed by atoms with Crippen LogP contribution in [0.5, 0.6) is 0 Å². The highest BCUT2D eigenvalue weighted by Gasteiger charge is 2.08. The Balaban J connectivity index is 0.000000127. The van der Waals surface area contributed by atoms with Crippen LogP contribution in [0, 0.1) is 0 Å². The number of rotatable bonds is 2. The third kappa shape index (κ3) is 5.73. The topological polar surface area (TPSA) is 124 Å². The minimum Gasteiger partial charge on any atom is -0.423 e. The van der Waals surface area contributed by atoms with Crippen molar-refractivity contribution in [2.75, 3.05) is 0 Å². The molecule has 0 radical (unpaired) electrons. The lowest BCUT2D eigenvalue weighted by molar-refractivity contribution is 0.425. The summed E-state index contributed by atoms with van der Waals surface area (Å²) in [6.45, 7) is 0. The van der Waals surface area contributed by atoms with E-state index in [-0.39, 0.29) is 0 Å². The van der Waals surface area contributed by atoms with Crippen LogP contribution < -0.4 is 5.46 Å². The minimum atomic E-state index is -1.40. The molecule has 0 spiro atoms. The van der Waals surface area contributed by atoms with Gasteiger partial charge in [-0.3, -0.25) is 9.97 Å². The van der Waals surface area contributed by atoms with Crippen LogP contribution in [-0.4, -0.2) is 47.1 Å². The fourth-order valence-corrected chi connectivity index (χ4v) is 3.63. The number of hydrogen-bond donors (Lipinski definition) is 4. The van der Waals surface area contributed by atoms with Crippen LogP contribution in [-0.2, 0) is 0 Å². The first-order valence-corrected chi connectivity index (χ1v) is 11.1. The van der Waals surface area contributed by atoms with E-state index in [9.17, 15) is 0 Å². The summed E-state index contributed by atoms with van der Waals surface area (Å²) in [6.07, 6.45) is 14.0. The van der Waals surface area contributed by atoms with Crippen molar-refractivity contribution in [2.45, 2.75) is 0 Å². The summed E-state index contributed by atoms with van der Waals surface area (Å²) in [6, 6.07) is 15.2. The first kappa shape index (κ1) is 23.3. The van der Waals surface area contributed by atoms with Crippen molar-refractivity contribution in [3.05, 3.63) is 103 Å². The van der Waals surface area contributed by atoms with Crippen LogP contribution >= 0.6 is 15.9 Å². The molecule has 0 atom stereocenters. The smallest absolute Gasteiger partial charge is 0.423 e. The Morgan fingerprint density at radius 2 is 1.35 bits per heavy atom. The van der Waals surface area contributed by atoms with E-state index >= 15 is 0 Å². The lowest BCUT2D eigenvalue weighted by Crippen LogP contribution is -2.29. The molecule has 4 N–H and O–H groups in total. The number of nitrogens with one attached hydrogen (secondary N) is 2. The van der Waals surface area contributed by atoms with Gasteiger partial charge in [-0.15, -0.1) is 0 Å². The molecule has 0 aliphatic carbocycles. The van der Waals surface area contributed by atoms with Gasteiger partial charge in [-0.25, -0.2) is 9.97 Å². The highest BCUT2D eigenvalue weighted by atomic mass is 79.9. The second kappa shape index (κ2) is 11.3. The summed E-state index contributed by atoms with van der Waals surface area (Å²) in [7, 11) is -1.40. The third-order valence-corrected chi connectivity index (χ3v) is 5.51. The molecule has 0 aliphatic heterocycles. The van der Waals surface area contributed by atoms with Crippen LogP contribution in [0.15, 0.2) is 103 Å². The van der Waals surface area contributed by atoms with Crippen molar-refractivity contribution in [3.63, 3.8) is 0 Å². The lowest BCUT2D eigenvalue weighted by atomic mass is 9.82. The van der Waals surface area contributed by atoms with Crippen LogP contribution in [0.4, 0.5) is 0 Å². The molecule has 10 heteroatoms. The van der Waals surface area contributed by atoms with E-state index < -0.39 is 7.12 Å². The maximum absolute atomic E-state index is 8.54. The van der Waals surface area contributed by atoms with Crippen molar-refractivity contribution in [2.24, 2.45) is 0 Å². The summed E-state index contributed by atoms with van der Waals surface area (Å²) in [5.74, 6) is 0. The number of halogens is 1. The van der Waals surface area contributed by atoms with Gasteiger partial charge in [-0.1, -0.05) is 12.1 Å². The van der Waals surface area contributed by atoms with Crippen molar-refractivity contribution in [1.29, 1.82) is 0 Å². The molecule has 6 heterocycles. The summed E-state index contributed by atoms with van der Waals surface area (Å²) < 4.78 is 1.08. The van der Waals surface area contributed by atoms with Crippen LogP contribution in [0.2, 0.25) is 0 Å². The van der Waals surface area contributed by atoms with E-state index in [2.05, 4.69) is 51.9 Å². The molecule has 0 fully saturated rings. The lowest BCUT2D eigenvalue weighted by Gasteiger charge is -2.01. The van der Waals surface area contributed by atoms with E-state index in [0.29, 0.717) is 5.46 Å². The standard InChI is InChI=1S/C12H9N3.C7H5BrN2.C5H6BNO2/c1-2-9(8-13-5-1)10-3-6-14-12-11(10)4-7-15-12;8-6-2-4-10-7-5(6)1-3-9-7;8-6(9)5-2-1-3-7-4-5/h1-8H,(H,14,15);1-4H,(H,9,10);1-4,8-9H. The number of aromatic nitrogens is 6. The predicted molar refractivity (Wildman–Crippen MR) is 137 cm³/mol. The molecule has 8 nitrogen and oxygen atoms in total. The number of H-pyrrole nitrogens is 2. The molecule has 6 aromatic heterocycles. The Kier molecular flexibility index (Phi) is 7.77. The Labute approximate surface area is 204 Å². The fourth-order valence-electron chi connectivity index (χ4n) is 3.19. The zero-order chi connectivity index (χ0) is 23.8. The molecule has 6 aromatic rings. The molecule has 0 aromatic carbocycles. The zero-order valence-corrected chi connectivity index (χ0v) is 19.5. The van der Waals surface area contributed by atoms with E-state index in [1.807, 2.05) is 48.9 Å². The van der Waals surface area contributed by atoms with Gasteiger partial charge < -0.3 is 20.0 Å². The van der Waals surface area contributed by atoms with Crippen molar-refractivity contribution >= 4 is 50.6 Å². The molecular weight excluding hydrogens is 495 g/mol. The molecule has 168 valence electrons. The largest absolute Gasteiger partial charge is 0.490 e. The molecule has 0 amide bonds. The van der Waals surface area contributed by atoms with Gasteiger partial charge in [0.05, 0.1) is 0 Å². The van der Waals surface area contributed by atoms with Crippen molar-refractivity contribution in [1.82, 2.24) is 29.9 Å². The van der Waals surface area contributed by atoms with Gasteiger partial charge in [0, 0.05) is 75.8 Å². The average Bonchev–Trinajstić information content (AvgIpc) is 3.56. The number of pyridine rings is 4. The number of nitrogens with zero attached hydrogens (tertiary/aromatic N) is 4. The quantitative estimate of drug-likeness (QED) is 0.261. The first-order chi connectivity index (χ1) is 16.6. The Hall–Kier alpha value is -3.86. The highest BCUT2D eigenvalue weighted by molar-refractivity contribution is 9.10. The summed E-state index contributed by atoms with van der Waals surface area (Å²) in [5, 5.41) is 19.3.